The summed E-state index contributed by atoms with van der Waals surface area (Å²) in [5, 5.41) is 2.06. The normalized spacial score (nSPS) is 11.0. The average Bonchev–Trinajstić information content (AvgIpc) is 2.40. The molecule has 0 bridgehead atoms. The molecule has 1 N–H and O–H groups in total. The third kappa shape index (κ3) is 1.33. The van der Waals surface area contributed by atoms with E-state index in [1.165, 1.54) is 22.2 Å². The van der Waals surface area contributed by atoms with Crippen LogP contribution < -0.4 is 0 Å². The minimum absolute atomic E-state index is 0.807. The van der Waals surface area contributed by atoms with Crippen LogP contribution in [0.2, 0.25) is 5.02 Å². The van der Waals surface area contributed by atoms with Gasteiger partial charge in [-0.1, -0.05) is 18.5 Å². The fraction of sp³-hybridized carbons (Fsp3) is 0.273. The number of H-pyrrole nitrogens is 1. The number of aromatic nitrogens is 1. The number of hydrogen-bond donors (Lipinski definition) is 1. The minimum atomic E-state index is 0.807. The van der Waals surface area contributed by atoms with Gasteiger partial charge in [0.25, 0.3) is 0 Å². The largest absolute Gasteiger partial charge is 0.358 e. The number of aryl methyl sites for hydroxylation is 2. The first-order valence-corrected chi connectivity index (χ1v) is 4.87. The van der Waals surface area contributed by atoms with E-state index < -0.39 is 0 Å². The molecule has 0 atom stereocenters. The van der Waals surface area contributed by atoms with Crippen LogP contribution in [0.5, 0.6) is 0 Å². The quantitative estimate of drug-likeness (QED) is 0.711. The summed E-state index contributed by atoms with van der Waals surface area (Å²) in [5.74, 6) is 0. The molecule has 0 saturated heterocycles. The second kappa shape index (κ2) is 3.08. The fourth-order valence-corrected chi connectivity index (χ4v) is 1.98. The smallest absolute Gasteiger partial charge is 0.0459 e. The molecular formula is C11H12ClN. The van der Waals surface area contributed by atoms with Crippen LogP contribution in [0.15, 0.2) is 18.2 Å². The molecule has 68 valence electrons. The highest BCUT2D eigenvalue weighted by atomic mass is 35.5. The van der Waals surface area contributed by atoms with Crippen molar-refractivity contribution in [1.29, 1.82) is 0 Å². The highest BCUT2D eigenvalue weighted by Gasteiger charge is 2.05. The van der Waals surface area contributed by atoms with E-state index in [0.29, 0.717) is 0 Å². The lowest BCUT2D eigenvalue weighted by Crippen LogP contribution is -1.80. The predicted octanol–water partition coefficient (Wildman–Crippen LogP) is 3.69. The zero-order valence-corrected chi connectivity index (χ0v) is 8.57. The van der Waals surface area contributed by atoms with Crippen LogP contribution in [-0.2, 0) is 6.42 Å². The van der Waals surface area contributed by atoms with Gasteiger partial charge in [-0.05, 0) is 37.1 Å². The summed E-state index contributed by atoms with van der Waals surface area (Å²) in [6.07, 6.45) is 1.05. The molecule has 0 saturated carbocycles. The van der Waals surface area contributed by atoms with Gasteiger partial charge in [-0.3, -0.25) is 0 Å². The van der Waals surface area contributed by atoms with Crippen LogP contribution in [-0.4, -0.2) is 4.98 Å². The highest BCUT2D eigenvalue weighted by molar-refractivity contribution is 6.31. The first-order chi connectivity index (χ1) is 6.22. The van der Waals surface area contributed by atoms with Crippen LogP contribution in [0.1, 0.15) is 18.2 Å². The predicted molar refractivity (Wildman–Crippen MR) is 57.4 cm³/mol. The third-order valence-corrected chi connectivity index (χ3v) is 2.67. The van der Waals surface area contributed by atoms with Crippen molar-refractivity contribution in [2.24, 2.45) is 0 Å². The van der Waals surface area contributed by atoms with Crippen LogP contribution in [0.3, 0.4) is 0 Å². The Hall–Kier alpha value is -0.950. The van der Waals surface area contributed by atoms with Crippen molar-refractivity contribution in [2.75, 3.05) is 0 Å². The van der Waals surface area contributed by atoms with Crippen molar-refractivity contribution in [2.45, 2.75) is 20.3 Å². The topological polar surface area (TPSA) is 15.8 Å². The fourth-order valence-electron chi connectivity index (χ4n) is 1.81. The molecule has 0 aliphatic rings. The van der Waals surface area contributed by atoms with Gasteiger partial charge in [-0.2, -0.15) is 0 Å². The van der Waals surface area contributed by atoms with E-state index in [4.69, 9.17) is 11.6 Å². The summed E-state index contributed by atoms with van der Waals surface area (Å²) in [6.45, 7) is 4.27. The van der Waals surface area contributed by atoms with E-state index in [1.54, 1.807) is 0 Å². The van der Waals surface area contributed by atoms with Gasteiger partial charge in [0.1, 0.15) is 0 Å². The van der Waals surface area contributed by atoms with Crippen molar-refractivity contribution in [3.8, 4) is 0 Å². The summed E-state index contributed by atoms with van der Waals surface area (Å²) in [6, 6.07) is 5.97. The first-order valence-electron chi connectivity index (χ1n) is 4.49. The van der Waals surface area contributed by atoms with Crippen LogP contribution in [0.4, 0.5) is 0 Å². The monoisotopic (exact) mass is 193 g/mol. The van der Waals surface area contributed by atoms with Gasteiger partial charge in [-0.15, -0.1) is 0 Å². The summed E-state index contributed by atoms with van der Waals surface area (Å²) >= 11 is 5.94. The minimum Gasteiger partial charge on any atom is -0.358 e. The molecule has 1 aromatic heterocycles. The molecule has 0 spiro atoms. The lowest BCUT2D eigenvalue weighted by Gasteiger charge is -1.95. The zero-order valence-electron chi connectivity index (χ0n) is 7.82. The van der Waals surface area contributed by atoms with Crippen molar-refractivity contribution in [1.82, 2.24) is 4.98 Å². The lowest BCUT2D eigenvalue weighted by molar-refractivity contribution is 1.11. The molecule has 13 heavy (non-hydrogen) atoms. The standard InChI is InChI=1S/C11H12ClN/c1-3-9-7(2)13-11-5-4-8(12)6-10(9)11/h4-6,13H,3H2,1-2H3. The molecule has 0 fully saturated rings. The molecule has 2 heteroatoms. The number of benzene rings is 1. The number of halogens is 1. The molecule has 2 rings (SSSR count). The molecule has 0 amide bonds. The molecule has 0 radical (unpaired) electrons. The van der Waals surface area contributed by atoms with Gasteiger partial charge < -0.3 is 4.98 Å². The second-order valence-electron chi connectivity index (χ2n) is 3.27. The highest BCUT2D eigenvalue weighted by Crippen LogP contribution is 2.25. The summed E-state index contributed by atoms with van der Waals surface area (Å²) in [7, 11) is 0. The van der Waals surface area contributed by atoms with Crippen LogP contribution >= 0.6 is 11.6 Å². The number of rotatable bonds is 1. The Morgan fingerprint density at radius 3 is 2.85 bits per heavy atom. The van der Waals surface area contributed by atoms with Crippen molar-refractivity contribution >= 4 is 22.5 Å². The van der Waals surface area contributed by atoms with Crippen molar-refractivity contribution in [3.63, 3.8) is 0 Å². The maximum absolute atomic E-state index is 5.94. The van der Waals surface area contributed by atoms with E-state index in [0.717, 1.165) is 11.4 Å². The van der Waals surface area contributed by atoms with Gasteiger partial charge in [-0.25, -0.2) is 0 Å². The van der Waals surface area contributed by atoms with Crippen molar-refractivity contribution in [3.05, 3.63) is 34.5 Å². The van der Waals surface area contributed by atoms with Gasteiger partial charge in [0.05, 0.1) is 0 Å². The van der Waals surface area contributed by atoms with Crippen molar-refractivity contribution < 1.29 is 0 Å². The molecule has 0 unspecified atom stereocenters. The molecule has 0 aliphatic carbocycles. The summed E-state index contributed by atoms with van der Waals surface area (Å²) in [4.78, 5) is 3.35. The van der Waals surface area contributed by atoms with Gasteiger partial charge in [0.15, 0.2) is 0 Å². The van der Waals surface area contributed by atoms with Gasteiger partial charge in [0.2, 0.25) is 0 Å². The molecule has 1 nitrogen and oxygen atoms in total. The number of fused-ring (bicyclic) bond motifs is 1. The van der Waals surface area contributed by atoms with E-state index in [9.17, 15) is 0 Å². The number of nitrogens with one attached hydrogen (secondary N) is 1. The van der Waals surface area contributed by atoms with Crippen LogP contribution in [0.25, 0.3) is 10.9 Å². The third-order valence-electron chi connectivity index (χ3n) is 2.44. The maximum Gasteiger partial charge on any atom is 0.0459 e. The lowest BCUT2D eigenvalue weighted by atomic mass is 10.1. The van der Waals surface area contributed by atoms with E-state index in [-0.39, 0.29) is 0 Å². The SMILES string of the molecule is CCc1c(C)[nH]c2ccc(Cl)cc12. The average molecular weight is 194 g/mol. The molecule has 1 heterocycles. The van der Waals surface area contributed by atoms with E-state index >= 15 is 0 Å². The Bertz CT molecular complexity index is 443. The Morgan fingerprint density at radius 2 is 2.15 bits per heavy atom. The first kappa shape index (κ1) is 8.64. The number of aromatic amines is 1. The second-order valence-corrected chi connectivity index (χ2v) is 3.71. The molecular weight excluding hydrogens is 182 g/mol. The van der Waals surface area contributed by atoms with Crippen LogP contribution in [0, 0.1) is 6.92 Å². The van der Waals surface area contributed by atoms with E-state index in [2.05, 4.69) is 18.8 Å². The van der Waals surface area contributed by atoms with Gasteiger partial charge in [0, 0.05) is 21.6 Å². The summed E-state index contributed by atoms with van der Waals surface area (Å²) in [5.41, 5.74) is 3.80. The zero-order chi connectivity index (χ0) is 9.42. The maximum atomic E-state index is 5.94. The number of hydrogen-bond acceptors (Lipinski definition) is 0. The Labute approximate surface area is 82.7 Å². The molecule has 0 aliphatic heterocycles. The molecule has 1 aromatic carbocycles. The Balaban J connectivity index is 2.80. The Morgan fingerprint density at radius 1 is 1.38 bits per heavy atom. The van der Waals surface area contributed by atoms with E-state index in [1.807, 2.05) is 18.2 Å². The Kier molecular flexibility index (Phi) is 2.04. The summed E-state index contributed by atoms with van der Waals surface area (Å²) < 4.78 is 0. The molecule has 2 aromatic rings. The van der Waals surface area contributed by atoms with Gasteiger partial charge >= 0.3 is 0 Å².